The van der Waals surface area contributed by atoms with Gasteiger partial charge in [0.05, 0.1) is 11.0 Å². The summed E-state index contributed by atoms with van der Waals surface area (Å²) in [6, 6.07) is 82.6. The third-order valence-electron chi connectivity index (χ3n) is 16.2. The van der Waals surface area contributed by atoms with Crippen LogP contribution in [-0.4, -0.2) is 0 Å². The Morgan fingerprint density at radius 1 is 0.192 bits per heavy atom. The first-order valence-electron chi connectivity index (χ1n) is 30.5. The minimum Gasteiger partial charge on any atom is -0.0616 e. The molecule has 0 bridgehead atoms. The topological polar surface area (TPSA) is 0 Å². The van der Waals surface area contributed by atoms with Gasteiger partial charge in [-0.25, -0.2) is 0 Å². The largest absolute Gasteiger partial charge is 0.0629 e. The Balaban J connectivity index is 0.000000140. The Hall–Kier alpha value is -10.1. The fourth-order valence-electron chi connectivity index (χ4n) is 12.7. The molecule has 0 heterocycles. The summed E-state index contributed by atoms with van der Waals surface area (Å²) in [4.78, 5) is 0. The van der Waals surface area contributed by atoms with Crippen LogP contribution in [0.2, 0.25) is 0 Å². The summed E-state index contributed by atoms with van der Waals surface area (Å²) in [5.41, 5.74) is 9.46. The summed E-state index contributed by atoms with van der Waals surface area (Å²) in [5.74, 6) is 0. The Labute approximate surface area is 463 Å². The summed E-state index contributed by atoms with van der Waals surface area (Å²) >= 11 is 0. The Morgan fingerprint density at radius 3 is 1.22 bits per heavy atom. The van der Waals surface area contributed by atoms with Gasteiger partial charge in [-0.05, 0) is 175 Å². The average molecular weight is 993 g/mol. The highest BCUT2D eigenvalue weighted by Crippen LogP contribution is 2.47. The van der Waals surface area contributed by atoms with Crippen molar-refractivity contribution in [1.29, 1.82) is 0 Å². The van der Waals surface area contributed by atoms with Crippen molar-refractivity contribution in [3.63, 3.8) is 0 Å². The van der Waals surface area contributed by atoms with E-state index in [1.165, 1.54) is 98.0 Å². The van der Waals surface area contributed by atoms with Gasteiger partial charge in [0.25, 0.3) is 0 Å². The van der Waals surface area contributed by atoms with Crippen molar-refractivity contribution in [1.82, 2.24) is 0 Å². The van der Waals surface area contributed by atoms with Gasteiger partial charge in [0.1, 0.15) is 0 Å². The maximum Gasteiger partial charge on any atom is 0.0629 e. The van der Waals surface area contributed by atoms with Crippen LogP contribution in [0, 0.1) is 0 Å². The molecule has 0 saturated heterocycles. The minimum absolute atomic E-state index is 0.219. The highest BCUT2D eigenvalue weighted by molar-refractivity contribution is 6.27. The van der Waals surface area contributed by atoms with E-state index in [9.17, 15) is 0 Å². The lowest BCUT2D eigenvalue weighted by atomic mass is 9.84. The predicted molar refractivity (Wildman–Crippen MR) is 337 cm³/mol. The molecule has 0 unspecified atom stereocenters. The molecule has 78 heavy (non-hydrogen) atoms. The smallest absolute Gasteiger partial charge is 0.0616 e. The van der Waals surface area contributed by atoms with Gasteiger partial charge in [0.2, 0.25) is 0 Å². The standard InChI is InChI=1S/C44H26.C34H22/c1-4-29-14-16-33-18-22-37(39-24-20-31(6-1)41(29)43(33)39)28-12-10-27(11-13-28)35-8-3-9-36(26-35)38-23-19-34-17-15-30-5-2-7-32-21-25-40(38)44(34)42(30)32;1-2-12-25-22-26(21-20-23(25)10-1)33-29-15-5-7-17-31(29)34(32-18-8-6-16-30(32)33)28-19-9-13-24-11-3-4-14-27(24)28/h1-26H;1-22H/i;5D,6D,7D,8D,15D,16D,17D,18D. The number of rotatable bonds is 5. The molecule has 0 heteroatoms. The van der Waals surface area contributed by atoms with Crippen molar-refractivity contribution < 1.29 is 11.0 Å². The molecule has 0 atom stereocenters. The summed E-state index contributed by atoms with van der Waals surface area (Å²) in [7, 11) is 0. The molecule has 0 spiro atoms. The SMILES string of the molecule is [2H]c1c([2H])c([2H])c2c(-c3cccc4ccccc34)c3c([2H])c([2H])c([2H])c([2H])c3c(-c3ccc4ccccc4c3)c2c1[2H].c1cc(-c2ccc(-c3ccc4ccc5cccc6ccc3c4c56)cc2)cc(-c2ccc3ccc4cccc5ccc2c3c45)c1. The van der Waals surface area contributed by atoms with Gasteiger partial charge in [-0.2, -0.15) is 0 Å². The highest BCUT2D eigenvalue weighted by atomic mass is 14.2. The summed E-state index contributed by atoms with van der Waals surface area (Å²) in [5, 5.41) is 20.4. The number of benzene rings is 17. The molecule has 360 valence electrons. The molecule has 0 aromatic heterocycles. The maximum absolute atomic E-state index is 9.13. The van der Waals surface area contributed by atoms with Crippen molar-refractivity contribution in [2.24, 2.45) is 0 Å². The molecule has 17 aromatic carbocycles. The lowest BCUT2D eigenvalue weighted by molar-refractivity contribution is 1.60. The van der Waals surface area contributed by atoms with Crippen molar-refractivity contribution in [2.75, 3.05) is 0 Å². The van der Waals surface area contributed by atoms with E-state index in [-0.39, 0.29) is 45.7 Å². The number of fused-ring (bicyclic) bond motifs is 4. The van der Waals surface area contributed by atoms with Gasteiger partial charge in [-0.15, -0.1) is 0 Å². The van der Waals surface area contributed by atoms with Crippen LogP contribution in [0.4, 0.5) is 0 Å². The lowest BCUT2D eigenvalue weighted by Gasteiger charge is -2.19. The monoisotopic (exact) mass is 992 g/mol. The van der Waals surface area contributed by atoms with Crippen molar-refractivity contribution in [3.8, 4) is 55.6 Å². The van der Waals surface area contributed by atoms with Gasteiger partial charge >= 0.3 is 0 Å². The van der Waals surface area contributed by atoms with E-state index >= 15 is 0 Å². The molecule has 17 rings (SSSR count). The van der Waals surface area contributed by atoms with Crippen LogP contribution in [0.3, 0.4) is 0 Å². The summed E-state index contributed by atoms with van der Waals surface area (Å²) in [6.45, 7) is 0. The second-order valence-corrected chi connectivity index (χ2v) is 20.4. The lowest BCUT2D eigenvalue weighted by Crippen LogP contribution is -1.91. The van der Waals surface area contributed by atoms with E-state index in [0.717, 1.165) is 21.5 Å². The van der Waals surface area contributed by atoms with Gasteiger partial charge in [0.15, 0.2) is 0 Å². The quantitative estimate of drug-likeness (QED) is 0.119. The Kier molecular flexibility index (Phi) is 8.36. The van der Waals surface area contributed by atoms with Crippen LogP contribution < -0.4 is 0 Å². The summed E-state index contributed by atoms with van der Waals surface area (Å²) in [6.07, 6.45) is 0. The molecule has 0 radical (unpaired) electrons. The minimum atomic E-state index is -0.404. The second kappa shape index (κ2) is 17.7. The van der Waals surface area contributed by atoms with Gasteiger partial charge in [-0.3, -0.25) is 0 Å². The average Bonchev–Trinajstić information content (AvgIpc) is 0.851. The molecule has 0 aliphatic heterocycles. The number of hydrogen-bond acceptors (Lipinski definition) is 0. The fourth-order valence-corrected chi connectivity index (χ4v) is 12.7. The van der Waals surface area contributed by atoms with Crippen molar-refractivity contribution in [3.05, 3.63) is 291 Å². The van der Waals surface area contributed by atoms with Crippen LogP contribution >= 0.6 is 0 Å². The molecule has 0 amide bonds. The molecule has 0 N–H and O–H groups in total. The van der Waals surface area contributed by atoms with E-state index < -0.39 is 24.2 Å². The fraction of sp³-hybridized carbons (Fsp3) is 0. The summed E-state index contributed by atoms with van der Waals surface area (Å²) < 4.78 is 70.9. The third kappa shape index (κ3) is 7.01. The van der Waals surface area contributed by atoms with Crippen molar-refractivity contribution >= 4 is 108 Å². The molecule has 0 nitrogen and oxygen atoms in total. The van der Waals surface area contributed by atoms with E-state index in [4.69, 9.17) is 11.0 Å². The van der Waals surface area contributed by atoms with E-state index in [0.29, 0.717) is 22.3 Å². The first kappa shape index (κ1) is 36.7. The Morgan fingerprint density at radius 2 is 0.603 bits per heavy atom. The molecular weight excluding hydrogens is 937 g/mol. The molecule has 0 saturated carbocycles. The van der Waals surface area contributed by atoms with Crippen LogP contribution in [0.1, 0.15) is 11.0 Å². The highest BCUT2D eigenvalue weighted by Gasteiger charge is 2.19. The molecule has 0 aliphatic carbocycles. The van der Waals surface area contributed by atoms with E-state index in [2.05, 4.69) is 158 Å². The van der Waals surface area contributed by atoms with E-state index in [1.54, 1.807) is 0 Å². The molecule has 0 aliphatic rings. The van der Waals surface area contributed by atoms with Crippen LogP contribution in [0.5, 0.6) is 0 Å². The molecular formula is C78H48. The Bertz CT molecular complexity index is 5570. The number of hydrogen-bond donors (Lipinski definition) is 0. The predicted octanol–water partition coefficient (Wildman–Crippen LogP) is 22.1. The van der Waals surface area contributed by atoms with Gasteiger partial charge < -0.3 is 0 Å². The normalized spacial score (nSPS) is 13.3. The van der Waals surface area contributed by atoms with E-state index in [1.807, 2.05) is 84.9 Å². The first-order chi connectivity index (χ1) is 42.0. The van der Waals surface area contributed by atoms with Crippen LogP contribution in [-0.2, 0) is 0 Å². The van der Waals surface area contributed by atoms with Crippen LogP contribution in [0.15, 0.2) is 291 Å². The first-order valence-corrected chi connectivity index (χ1v) is 26.5. The second-order valence-electron chi connectivity index (χ2n) is 20.4. The van der Waals surface area contributed by atoms with Crippen molar-refractivity contribution in [2.45, 2.75) is 0 Å². The molecule has 0 fully saturated rings. The maximum atomic E-state index is 9.13. The molecule has 17 aromatic rings. The zero-order valence-electron chi connectivity index (χ0n) is 50.1. The van der Waals surface area contributed by atoms with Gasteiger partial charge in [-0.1, -0.05) is 279 Å². The zero-order valence-corrected chi connectivity index (χ0v) is 42.1. The third-order valence-corrected chi connectivity index (χ3v) is 16.2. The van der Waals surface area contributed by atoms with Crippen LogP contribution in [0.25, 0.3) is 163 Å². The van der Waals surface area contributed by atoms with Gasteiger partial charge in [0, 0.05) is 0 Å². The zero-order chi connectivity index (χ0) is 58.2.